The number of nitrogen functional groups attached to an aromatic ring is 1. The Morgan fingerprint density at radius 3 is 1.95 bits per heavy atom. The molecule has 1 aromatic rings. The van der Waals surface area contributed by atoms with E-state index in [0.717, 1.165) is 0 Å². The van der Waals surface area contributed by atoms with Gasteiger partial charge in [0, 0.05) is 5.69 Å². The van der Waals surface area contributed by atoms with Gasteiger partial charge in [-0.1, -0.05) is 12.1 Å². The molecule has 0 unspecified atom stereocenters. The van der Waals surface area contributed by atoms with E-state index in [0.29, 0.717) is 11.1 Å². The standard InChI is InChI=1S/C12H19NO6S2/c13-12-2-1-10(8-20(16,17)5-3-14)7-11(12)9-21(18,19)6-4-15/h1-2,7,14-15H,3-6,8-9,13H2. The molecule has 0 saturated heterocycles. The lowest BCUT2D eigenvalue weighted by molar-refractivity contribution is 0.319. The van der Waals surface area contributed by atoms with Gasteiger partial charge in [-0.2, -0.15) is 0 Å². The molecule has 0 spiro atoms. The molecule has 4 N–H and O–H groups in total. The first-order valence-corrected chi connectivity index (χ1v) is 9.83. The first-order chi connectivity index (χ1) is 9.69. The number of anilines is 1. The van der Waals surface area contributed by atoms with Crippen molar-refractivity contribution < 1.29 is 27.0 Å². The zero-order valence-corrected chi connectivity index (χ0v) is 13.0. The van der Waals surface area contributed by atoms with Gasteiger partial charge in [-0.25, -0.2) is 16.8 Å². The molecular weight excluding hydrogens is 318 g/mol. The van der Waals surface area contributed by atoms with Crippen LogP contribution in [0.15, 0.2) is 18.2 Å². The zero-order valence-electron chi connectivity index (χ0n) is 11.4. The smallest absolute Gasteiger partial charge is 0.156 e. The second-order valence-corrected chi connectivity index (χ2v) is 9.03. The number of sulfone groups is 2. The maximum atomic E-state index is 11.7. The molecule has 21 heavy (non-hydrogen) atoms. The molecule has 0 heterocycles. The van der Waals surface area contributed by atoms with Crippen molar-refractivity contribution in [1.29, 1.82) is 0 Å². The summed E-state index contributed by atoms with van der Waals surface area (Å²) in [6.45, 7) is -0.943. The molecule has 0 radical (unpaired) electrons. The van der Waals surface area contributed by atoms with Crippen molar-refractivity contribution in [2.75, 3.05) is 30.5 Å². The van der Waals surface area contributed by atoms with Crippen LogP contribution < -0.4 is 5.73 Å². The third-order valence-electron chi connectivity index (χ3n) is 2.77. The number of nitrogens with two attached hydrogens (primary N) is 1. The van der Waals surface area contributed by atoms with Crippen LogP contribution in [-0.2, 0) is 31.2 Å². The molecular formula is C12H19NO6S2. The van der Waals surface area contributed by atoms with E-state index in [2.05, 4.69) is 0 Å². The number of rotatable bonds is 8. The molecule has 0 saturated carbocycles. The van der Waals surface area contributed by atoms with Crippen molar-refractivity contribution in [2.45, 2.75) is 11.5 Å². The van der Waals surface area contributed by atoms with Gasteiger partial charge in [-0.05, 0) is 17.2 Å². The fourth-order valence-electron chi connectivity index (χ4n) is 1.79. The van der Waals surface area contributed by atoms with Crippen LogP contribution in [-0.4, -0.2) is 51.8 Å². The third-order valence-corrected chi connectivity index (χ3v) is 5.91. The summed E-state index contributed by atoms with van der Waals surface area (Å²) in [5.74, 6) is -1.37. The Hall–Kier alpha value is -1.16. The lowest BCUT2D eigenvalue weighted by Crippen LogP contribution is -2.15. The molecule has 0 bridgehead atoms. The van der Waals surface area contributed by atoms with Gasteiger partial charge >= 0.3 is 0 Å². The number of hydrogen-bond donors (Lipinski definition) is 3. The van der Waals surface area contributed by atoms with Crippen molar-refractivity contribution in [3.05, 3.63) is 29.3 Å². The highest BCUT2D eigenvalue weighted by atomic mass is 32.2. The van der Waals surface area contributed by atoms with Crippen LogP contribution in [0.5, 0.6) is 0 Å². The molecule has 0 aliphatic rings. The van der Waals surface area contributed by atoms with Crippen LogP contribution in [0.1, 0.15) is 11.1 Å². The monoisotopic (exact) mass is 337 g/mol. The van der Waals surface area contributed by atoms with Gasteiger partial charge in [-0.3, -0.25) is 0 Å². The second-order valence-electron chi connectivity index (χ2n) is 4.66. The number of hydrogen-bond acceptors (Lipinski definition) is 7. The van der Waals surface area contributed by atoms with Gasteiger partial charge in [0.05, 0.1) is 36.2 Å². The van der Waals surface area contributed by atoms with Crippen molar-refractivity contribution in [3.8, 4) is 0 Å². The SMILES string of the molecule is Nc1ccc(CS(=O)(=O)CCO)cc1CS(=O)(=O)CCO. The fraction of sp³-hybridized carbons (Fsp3) is 0.500. The molecule has 0 aliphatic heterocycles. The zero-order chi connectivity index (χ0) is 16.1. The highest BCUT2D eigenvalue weighted by Gasteiger charge is 2.16. The summed E-state index contributed by atoms with van der Waals surface area (Å²) in [5, 5.41) is 17.4. The van der Waals surface area contributed by atoms with Crippen LogP contribution in [0.4, 0.5) is 5.69 Å². The Balaban J connectivity index is 3.01. The van der Waals surface area contributed by atoms with Crippen molar-refractivity contribution in [1.82, 2.24) is 0 Å². The van der Waals surface area contributed by atoms with E-state index in [1.807, 2.05) is 0 Å². The Labute approximate surface area is 124 Å². The normalized spacial score (nSPS) is 12.5. The van der Waals surface area contributed by atoms with Crippen LogP contribution in [0.3, 0.4) is 0 Å². The Morgan fingerprint density at radius 1 is 0.905 bits per heavy atom. The van der Waals surface area contributed by atoms with E-state index in [9.17, 15) is 16.8 Å². The Kier molecular flexibility index (Phi) is 6.14. The van der Waals surface area contributed by atoms with Crippen molar-refractivity contribution in [3.63, 3.8) is 0 Å². The minimum Gasteiger partial charge on any atom is -0.398 e. The van der Waals surface area contributed by atoms with E-state index >= 15 is 0 Å². The predicted octanol–water partition coefficient (Wildman–Crippen LogP) is -0.917. The van der Waals surface area contributed by atoms with E-state index in [-0.39, 0.29) is 28.7 Å². The predicted molar refractivity (Wildman–Crippen MR) is 80.0 cm³/mol. The first kappa shape index (κ1) is 17.9. The highest BCUT2D eigenvalue weighted by molar-refractivity contribution is 7.90. The van der Waals surface area contributed by atoms with Gasteiger partial charge in [0.25, 0.3) is 0 Å². The van der Waals surface area contributed by atoms with Crippen LogP contribution in [0, 0.1) is 0 Å². The van der Waals surface area contributed by atoms with Gasteiger partial charge < -0.3 is 15.9 Å². The van der Waals surface area contributed by atoms with Gasteiger partial charge in [0.1, 0.15) is 0 Å². The maximum absolute atomic E-state index is 11.7. The van der Waals surface area contributed by atoms with E-state index < -0.39 is 32.9 Å². The van der Waals surface area contributed by atoms with E-state index in [1.54, 1.807) is 0 Å². The van der Waals surface area contributed by atoms with Gasteiger partial charge in [0.15, 0.2) is 19.7 Å². The van der Waals surface area contributed by atoms with E-state index in [1.165, 1.54) is 18.2 Å². The third kappa shape index (κ3) is 6.00. The van der Waals surface area contributed by atoms with Gasteiger partial charge in [0.2, 0.25) is 0 Å². The lowest BCUT2D eigenvalue weighted by Gasteiger charge is -2.09. The molecule has 7 nitrogen and oxygen atoms in total. The second kappa shape index (κ2) is 7.21. The quantitative estimate of drug-likeness (QED) is 0.522. The minimum atomic E-state index is -3.50. The molecule has 9 heteroatoms. The average Bonchev–Trinajstić information content (AvgIpc) is 2.32. The fourth-order valence-corrected chi connectivity index (χ4v) is 4.04. The topological polar surface area (TPSA) is 135 Å². The number of aliphatic hydroxyl groups excluding tert-OH is 2. The Bertz CT molecular complexity index is 682. The summed E-state index contributed by atoms with van der Waals surface area (Å²) in [7, 11) is -6.95. The molecule has 1 aromatic carbocycles. The molecule has 120 valence electrons. The molecule has 0 aromatic heterocycles. The summed E-state index contributed by atoms with van der Waals surface area (Å²) in [5.41, 5.74) is 6.66. The average molecular weight is 337 g/mol. The van der Waals surface area contributed by atoms with Crippen molar-refractivity contribution in [2.24, 2.45) is 0 Å². The van der Waals surface area contributed by atoms with E-state index in [4.69, 9.17) is 15.9 Å². The largest absolute Gasteiger partial charge is 0.398 e. The Morgan fingerprint density at radius 2 is 1.43 bits per heavy atom. The first-order valence-electron chi connectivity index (χ1n) is 6.19. The molecule has 0 aliphatic carbocycles. The minimum absolute atomic E-state index is 0.250. The van der Waals surface area contributed by atoms with Crippen molar-refractivity contribution >= 4 is 25.4 Å². The molecule has 0 amide bonds. The molecule has 1 rings (SSSR count). The van der Waals surface area contributed by atoms with Crippen LogP contribution in [0.2, 0.25) is 0 Å². The number of aliphatic hydroxyl groups is 2. The number of benzene rings is 1. The summed E-state index contributed by atoms with van der Waals surface area (Å²) >= 11 is 0. The van der Waals surface area contributed by atoms with Crippen LogP contribution >= 0.6 is 0 Å². The lowest BCUT2D eigenvalue weighted by atomic mass is 10.1. The summed E-state index contributed by atoms with van der Waals surface area (Å²) in [6, 6.07) is 4.39. The highest BCUT2D eigenvalue weighted by Crippen LogP contribution is 2.19. The summed E-state index contributed by atoms with van der Waals surface area (Å²) < 4.78 is 46.7. The summed E-state index contributed by atoms with van der Waals surface area (Å²) in [4.78, 5) is 0. The molecule has 0 atom stereocenters. The maximum Gasteiger partial charge on any atom is 0.156 e. The summed E-state index contributed by atoms with van der Waals surface area (Å²) in [6.07, 6.45) is 0. The van der Waals surface area contributed by atoms with Crippen LogP contribution in [0.25, 0.3) is 0 Å². The van der Waals surface area contributed by atoms with Gasteiger partial charge in [-0.15, -0.1) is 0 Å². The molecule has 0 fully saturated rings.